The summed E-state index contributed by atoms with van der Waals surface area (Å²) >= 11 is 0. The van der Waals surface area contributed by atoms with Crippen molar-refractivity contribution in [2.24, 2.45) is 5.41 Å². The maximum atomic E-state index is 13.8. The van der Waals surface area contributed by atoms with Crippen molar-refractivity contribution in [3.05, 3.63) is 58.5 Å². The number of nitrogens with zero attached hydrogens (tertiary/aromatic N) is 2. The molecule has 1 aliphatic rings. The number of carbonyl (C=O) groups excluding carboxylic acids is 1. The summed E-state index contributed by atoms with van der Waals surface area (Å²) in [6.07, 6.45) is -0.481. The molecule has 2 aromatic carbocycles. The molecule has 0 saturated carbocycles. The highest BCUT2D eigenvalue weighted by atomic mass is 32.2. The molecule has 8 nitrogen and oxygen atoms in total. The molecule has 38 heavy (non-hydrogen) atoms. The highest BCUT2D eigenvalue weighted by molar-refractivity contribution is 7.91. The van der Waals surface area contributed by atoms with E-state index in [0.717, 1.165) is 0 Å². The molecular weight excluding hydrogens is 511 g/mol. The lowest BCUT2D eigenvalue weighted by Gasteiger charge is -2.32. The van der Waals surface area contributed by atoms with Crippen LogP contribution in [0.5, 0.6) is 5.75 Å². The fourth-order valence-electron chi connectivity index (χ4n) is 4.91. The smallest absolute Gasteiger partial charge is 0.334 e. The second kappa shape index (κ2) is 9.96. The lowest BCUT2D eigenvalue weighted by Crippen LogP contribution is -2.37. The zero-order valence-corrected chi connectivity index (χ0v) is 23.2. The van der Waals surface area contributed by atoms with Gasteiger partial charge in [0.25, 0.3) is 0 Å². The third-order valence-corrected chi connectivity index (χ3v) is 9.25. The Hall–Kier alpha value is -2.98. The van der Waals surface area contributed by atoms with E-state index < -0.39 is 38.9 Å². The summed E-state index contributed by atoms with van der Waals surface area (Å²) < 4.78 is 45.3. The van der Waals surface area contributed by atoms with Gasteiger partial charge in [-0.05, 0) is 69.4 Å². The van der Waals surface area contributed by atoms with Crippen LogP contribution in [0.1, 0.15) is 70.3 Å². The van der Waals surface area contributed by atoms with Crippen LogP contribution in [0.15, 0.2) is 47.3 Å². The van der Waals surface area contributed by atoms with Gasteiger partial charge in [-0.3, -0.25) is 13.9 Å². The molecule has 0 aliphatic carbocycles. The molecule has 0 bridgehead atoms. The first-order chi connectivity index (χ1) is 17.6. The summed E-state index contributed by atoms with van der Waals surface area (Å²) in [6.45, 7) is 8.15. The van der Waals surface area contributed by atoms with E-state index in [1.807, 2.05) is 6.92 Å². The van der Waals surface area contributed by atoms with E-state index >= 15 is 0 Å². The Morgan fingerprint density at radius 1 is 1.13 bits per heavy atom. The van der Waals surface area contributed by atoms with Crippen LogP contribution in [0, 0.1) is 5.41 Å². The van der Waals surface area contributed by atoms with Crippen molar-refractivity contribution in [3.8, 4) is 11.4 Å². The van der Waals surface area contributed by atoms with E-state index in [1.54, 1.807) is 63.2 Å². The molecule has 1 fully saturated rings. The van der Waals surface area contributed by atoms with Gasteiger partial charge in [-0.1, -0.05) is 13.0 Å². The number of hydrogen-bond acceptors (Lipinski definition) is 6. The van der Waals surface area contributed by atoms with Crippen molar-refractivity contribution >= 4 is 26.7 Å². The van der Waals surface area contributed by atoms with E-state index in [1.165, 1.54) is 16.1 Å². The Bertz CT molecular complexity index is 1520. The molecule has 10 heteroatoms. The van der Waals surface area contributed by atoms with Crippen molar-refractivity contribution in [2.75, 3.05) is 11.5 Å². The Morgan fingerprint density at radius 3 is 2.39 bits per heavy atom. The van der Waals surface area contributed by atoms with Gasteiger partial charge < -0.3 is 9.84 Å². The monoisotopic (exact) mass is 546 g/mol. The summed E-state index contributed by atoms with van der Waals surface area (Å²) in [5.74, 6) is 0.273. The van der Waals surface area contributed by atoms with E-state index in [4.69, 9.17) is 4.74 Å². The SMILES string of the molecule is CC(F)Oc1cccc(-n2c(=O)n([C@@H](C)C(C)(C)O)c3cc(C(=O)CC4(C)CCS(=O)(=O)CC4)ccc32)c1. The normalized spacial score (nSPS) is 18.7. The third-order valence-electron chi connectivity index (χ3n) is 7.60. The number of alkyl halides is 1. The molecule has 2 heterocycles. The fraction of sp³-hybridized carbons (Fsp3) is 0.500. The first kappa shape index (κ1) is 28.0. The zero-order valence-electron chi connectivity index (χ0n) is 22.4. The van der Waals surface area contributed by atoms with E-state index in [0.29, 0.717) is 35.1 Å². The minimum atomic E-state index is -3.06. The number of aliphatic hydroxyl groups is 1. The van der Waals surface area contributed by atoms with Crippen molar-refractivity contribution in [1.82, 2.24) is 9.13 Å². The molecule has 1 saturated heterocycles. The molecule has 206 valence electrons. The Morgan fingerprint density at radius 2 is 1.79 bits per heavy atom. The van der Waals surface area contributed by atoms with E-state index in [-0.39, 0.29) is 29.5 Å². The standard InChI is InChI=1S/C28H35FN2O6S/c1-18(27(3,4)34)30-24-15-20(25(32)17-28(5)11-13-38(35,36)14-12-28)9-10-23(24)31(26(30)33)21-7-6-8-22(16-21)37-19(2)29/h6-10,15-16,18-19,34H,11-14,17H2,1-5H3/t18-,19?/m0/s1. The summed E-state index contributed by atoms with van der Waals surface area (Å²) in [6, 6.07) is 10.9. The molecule has 1 aliphatic heterocycles. The van der Waals surface area contributed by atoms with Gasteiger partial charge >= 0.3 is 5.69 Å². The number of sulfone groups is 1. The number of benzene rings is 2. The quantitative estimate of drug-likeness (QED) is 0.414. The average molecular weight is 547 g/mol. The second-order valence-corrected chi connectivity index (χ2v) is 13.5. The molecule has 1 aromatic heterocycles. The van der Waals surface area contributed by atoms with E-state index in [9.17, 15) is 27.5 Å². The number of hydrogen-bond donors (Lipinski definition) is 1. The van der Waals surface area contributed by atoms with Crippen LogP contribution in [-0.2, 0) is 9.84 Å². The highest BCUT2D eigenvalue weighted by Gasteiger charge is 2.35. The minimum absolute atomic E-state index is 0.0747. The van der Waals surface area contributed by atoms with Crippen LogP contribution in [-0.4, -0.2) is 51.9 Å². The Labute approximate surface area is 222 Å². The third kappa shape index (κ3) is 5.71. The summed E-state index contributed by atoms with van der Waals surface area (Å²) in [7, 11) is -3.06. The molecular formula is C28H35FN2O6S. The van der Waals surface area contributed by atoms with Gasteiger partial charge in [0, 0.05) is 25.0 Å². The lowest BCUT2D eigenvalue weighted by molar-refractivity contribution is 0.0307. The lowest BCUT2D eigenvalue weighted by atomic mass is 9.78. The van der Waals surface area contributed by atoms with Crippen LogP contribution in [0.2, 0.25) is 0 Å². The number of fused-ring (bicyclic) bond motifs is 1. The molecule has 3 aromatic rings. The Balaban J connectivity index is 1.81. The Kier molecular flexibility index (Phi) is 7.35. The van der Waals surface area contributed by atoms with Crippen LogP contribution in [0.25, 0.3) is 16.7 Å². The first-order valence-corrected chi connectivity index (χ1v) is 14.6. The number of imidazole rings is 1. The van der Waals surface area contributed by atoms with E-state index in [2.05, 4.69) is 0 Å². The maximum absolute atomic E-state index is 13.8. The van der Waals surface area contributed by atoms with Gasteiger partial charge in [-0.15, -0.1) is 0 Å². The van der Waals surface area contributed by atoms with Gasteiger partial charge in [0.1, 0.15) is 15.6 Å². The highest BCUT2D eigenvalue weighted by Crippen LogP contribution is 2.37. The van der Waals surface area contributed by atoms with Gasteiger partial charge in [0.15, 0.2) is 5.78 Å². The van der Waals surface area contributed by atoms with Crippen molar-refractivity contribution in [1.29, 1.82) is 0 Å². The number of Topliss-reactive ketones (excluding diaryl/α,β-unsaturated/α-hetero) is 1. The summed E-state index contributed by atoms with van der Waals surface area (Å²) in [4.78, 5) is 27.1. The van der Waals surface area contributed by atoms with Gasteiger partial charge in [-0.25, -0.2) is 17.6 Å². The largest absolute Gasteiger partial charge is 0.461 e. The van der Waals surface area contributed by atoms with Gasteiger partial charge in [0.05, 0.1) is 39.9 Å². The molecule has 0 amide bonds. The average Bonchev–Trinajstić information content (AvgIpc) is 3.10. The minimum Gasteiger partial charge on any atom is -0.461 e. The van der Waals surface area contributed by atoms with Crippen molar-refractivity contribution < 1.29 is 27.4 Å². The number of ether oxygens (including phenoxy) is 1. The maximum Gasteiger partial charge on any atom is 0.334 e. The van der Waals surface area contributed by atoms with Crippen LogP contribution >= 0.6 is 0 Å². The number of ketones is 1. The molecule has 0 spiro atoms. The topological polar surface area (TPSA) is 108 Å². The predicted molar refractivity (Wildman–Crippen MR) is 145 cm³/mol. The molecule has 0 radical (unpaired) electrons. The van der Waals surface area contributed by atoms with Gasteiger partial charge in [-0.2, -0.15) is 0 Å². The number of carbonyl (C=O) groups is 1. The summed E-state index contributed by atoms with van der Waals surface area (Å²) in [5, 5.41) is 10.8. The fourth-order valence-corrected chi connectivity index (χ4v) is 6.72. The van der Waals surface area contributed by atoms with Crippen molar-refractivity contribution in [2.45, 2.75) is 71.9 Å². The molecule has 4 rings (SSSR count). The van der Waals surface area contributed by atoms with Crippen molar-refractivity contribution in [3.63, 3.8) is 0 Å². The second-order valence-electron chi connectivity index (χ2n) is 11.2. The molecule has 1 N–H and O–H groups in total. The molecule has 1 unspecified atom stereocenters. The number of halogens is 1. The molecule has 2 atom stereocenters. The van der Waals surface area contributed by atoms with Crippen LogP contribution in [0.3, 0.4) is 0 Å². The first-order valence-electron chi connectivity index (χ1n) is 12.7. The zero-order chi connectivity index (χ0) is 28.0. The van der Waals surface area contributed by atoms with Crippen LogP contribution in [0.4, 0.5) is 4.39 Å². The predicted octanol–water partition coefficient (Wildman–Crippen LogP) is 4.61. The number of rotatable bonds is 8. The summed E-state index contributed by atoms with van der Waals surface area (Å²) in [5.41, 5.74) is -0.246. The van der Waals surface area contributed by atoms with Crippen LogP contribution < -0.4 is 10.4 Å². The number of aromatic nitrogens is 2. The van der Waals surface area contributed by atoms with Gasteiger partial charge in [0.2, 0.25) is 6.36 Å².